The number of nitrogens with zero attached hydrogens (tertiary/aromatic N) is 3. The monoisotopic (exact) mass is 346 g/mol. The van der Waals surface area contributed by atoms with Crippen molar-refractivity contribution >= 4 is 23.1 Å². The minimum Gasteiger partial charge on any atom is -0.475 e. The van der Waals surface area contributed by atoms with Crippen molar-refractivity contribution in [3.05, 3.63) is 34.8 Å². The van der Waals surface area contributed by atoms with E-state index in [-0.39, 0.29) is 11.9 Å². The van der Waals surface area contributed by atoms with E-state index in [9.17, 15) is 4.79 Å². The van der Waals surface area contributed by atoms with Crippen LogP contribution in [0.15, 0.2) is 29.9 Å². The number of amides is 1. The summed E-state index contributed by atoms with van der Waals surface area (Å²) in [7, 11) is 0. The zero-order valence-corrected chi connectivity index (χ0v) is 14.6. The van der Waals surface area contributed by atoms with Crippen LogP contribution < -0.4 is 15.0 Å². The molecule has 0 aliphatic carbocycles. The molecule has 0 bridgehead atoms. The number of rotatable bonds is 7. The molecule has 0 saturated carbocycles. The Morgan fingerprint density at radius 1 is 1.46 bits per heavy atom. The van der Waals surface area contributed by atoms with Crippen LogP contribution in [0.2, 0.25) is 0 Å². The van der Waals surface area contributed by atoms with Crippen LogP contribution in [0.25, 0.3) is 0 Å². The van der Waals surface area contributed by atoms with Gasteiger partial charge in [0.15, 0.2) is 5.82 Å². The number of aromatic nitrogens is 2. The fourth-order valence-electron chi connectivity index (χ4n) is 2.76. The fraction of sp³-hybridized carbons (Fsp3) is 0.471. The molecule has 2 aromatic heterocycles. The summed E-state index contributed by atoms with van der Waals surface area (Å²) in [6, 6.07) is 4.09. The average molecular weight is 346 g/mol. The largest absolute Gasteiger partial charge is 0.475 e. The molecule has 6 nitrogen and oxygen atoms in total. The highest BCUT2D eigenvalue weighted by Crippen LogP contribution is 2.26. The van der Waals surface area contributed by atoms with Gasteiger partial charge in [-0.1, -0.05) is 13.0 Å². The van der Waals surface area contributed by atoms with Crippen LogP contribution in [-0.2, 0) is 11.2 Å². The lowest BCUT2D eigenvalue weighted by Crippen LogP contribution is -2.38. The molecule has 2 aromatic rings. The Kier molecular flexibility index (Phi) is 5.63. The number of ether oxygens (including phenoxy) is 1. The molecule has 1 N–H and O–H groups in total. The third kappa shape index (κ3) is 4.23. The molecular weight excluding hydrogens is 324 g/mol. The van der Waals surface area contributed by atoms with Gasteiger partial charge in [0.2, 0.25) is 5.91 Å². The van der Waals surface area contributed by atoms with Crippen molar-refractivity contribution in [1.82, 2.24) is 15.3 Å². The Morgan fingerprint density at radius 3 is 3.12 bits per heavy atom. The molecule has 1 atom stereocenters. The Bertz CT molecular complexity index is 662. The first kappa shape index (κ1) is 16.7. The first-order valence-corrected chi connectivity index (χ1v) is 9.14. The van der Waals surface area contributed by atoms with Gasteiger partial charge in [-0.2, -0.15) is 0 Å². The van der Waals surface area contributed by atoms with Crippen LogP contribution in [-0.4, -0.2) is 41.6 Å². The molecule has 3 rings (SSSR count). The first-order valence-electron chi connectivity index (χ1n) is 8.26. The maximum atomic E-state index is 12.1. The third-order valence-electron chi connectivity index (χ3n) is 3.86. The summed E-state index contributed by atoms with van der Waals surface area (Å²) >= 11 is 1.61. The van der Waals surface area contributed by atoms with E-state index in [4.69, 9.17) is 4.74 Å². The summed E-state index contributed by atoms with van der Waals surface area (Å²) in [6.45, 7) is 4.26. The number of carbonyl (C=O) groups excluding carboxylic acids is 1. The van der Waals surface area contributed by atoms with E-state index in [2.05, 4.69) is 27.1 Å². The zero-order valence-electron chi connectivity index (χ0n) is 13.8. The number of hydrogen-bond acceptors (Lipinski definition) is 6. The fourth-order valence-corrected chi connectivity index (χ4v) is 3.46. The van der Waals surface area contributed by atoms with Crippen LogP contribution in [0.1, 0.15) is 24.6 Å². The van der Waals surface area contributed by atoms with Gasteiger partial charge in [-0.3, -0.25) is 4.79 Å². The molecule has 0 aromatic carbocycles. The van der Waals surface area contributed by atoms with Gasteiger partial charge >= 0.3 is 0 Å². The van der Waals surface area contributed by atoms with E-state index in [0.717, 1.165) is 36.6 Å². The molecule has 128 valence electrons. The summed E-state index contributed by atoms with van der Waals surface area (Å²) < 4.78 is 5.68. The van der Waals surface area contributed by atoms with Crippen molar-refractivity contribution in [3.8, 4) is 5.88 Å². The summed E-state index contributed by atoms with van der Waals surface area (Å²) in [4.78, 5) is 24.1. The van der Waals surface area contributed by atoms with E-state index in [1.165, 1.54) is 0 Å². The first-order chi connectivity index (χ1) is 11.8. The lowest BCUT2D eigenvalue weighted by atomic mass is 10.2. The number of anilines is 1. The van der Waals surface area contributed by atoms with Gasteiger partial charge in [0.05, 0.1) is 13.0 Å². The van der Waals surface area contributed by atoms with E-state index in [1.54, 1.807) is 23.7 Å². The van der Waals surface area contributed by atoms with Gasteiger partial charge in [0, 0.05) is 36.4 Å². The Labute approximate surface area is 145 Å². The minimum absolute atomic E-state index is 0.0749. The van der Waals surface area contributed by atoms with Crippen LogP contribution in [0, 0.1) is 0 Å². The molecule has 1 fully saturated rings. The topological polar surface area (TPSA) is 67.4 Å². The lowest BCUT2D eigenvalue weighted by Gasteiger charge is -2.19. The maximum Gasteiger partial charge on any atom is 0.257 e. The molecule has 3 heterocycles. The molecule has 7 heteroatoms. The molecule has 1 amide bonds. The molecule has 1 saturated heterocycles. The predicted molar refractivity (Wildman–Crippen MR) is 94.6 cm³/mol. The zero-order chi connectivity index (χ0) is 16.8. The van der Waals surface area contributed by atoms with Gasteiger partial charge in [-0.25, -0.2) is 9.97 Å². The molecule has 24 heavy (non-hydrogen) atoms. The van der Waals surface area contributed by atoms with Crippen molar-refractivity contribution in [3.63, 3.8) is 0 Å². The van der Waals surface area contributed by atoms with Crippen molar-refractivity contribution in [2.45, 2.75) is 32.2 Å². The molecular formula is C17H22N4O2S. The normalized spacial score (nSPS) is 17.0. The highest BCUT2D eigenvalue weighted by molar-refractivity contribution is 7.10. The summed E-state index contributed by atoms with van der Waals surface area (Å²) in [5.41, 5.74) is 0. The minimum atomic E-state index is 0.0749. The molecule has 1 unspecified atom stereocenters. The quantitative estimate of drug-likeness (QED) is 0.833. The van der Waals surface area contributed by atoms with Gasteiger partial charge in [-0.05, 0) is 24.3 Å². The third-order valence-corrected chi connectivity index (χ3v) is 4.73. The average Bonchev–Trinajstić information content (AvgIpc) is 3.25. The second kappa shape index (κ2) is 8.10. The standard InChI is InChI=1S/C17H22N4O2S/c1-2-9-23-17-16(18-6-7-19-17)21-8-5-13(12-21)20-15(22)11-14-4-3-10-24-14/h3-4,6-7,10,13H,2,5,8-9,11-12H2,1H3,(H,20,22). The predicted octanol–water partition coefficient (Wildman–Crippen LogP) is 2.26. The summed E-state index contributed by atoms with van der Waals surface area (Å²) in [5, 5.41) is 5.11. The van der Waals surface area contributed by atoms with Crippen LogP contribution >= 0.6 is 11.3 Å². The number of thiophene rings is 1. The second-order valence-corrected chi connectivity index (χ2v) is 6.82. The Morgan fingerprint density at radius 2 is 2.33 bits per heavy atom. The van der Waals surface area contributed by atoms with Crippen LogP contribution in [0.5, 0.6) is 5.88 Å². The van der Waals surface area contributed by atoms with Gasteiger partial charge < -0.3 is 15.0 Å². The summed E-state index contributed by atoms with van der Waals surface area (Å²) in [5.74, 6) is 1.41. The number of hydrogen-bond donors (Lipinski definition) is 1. The SMILES string of the molecule is CCCOc1nccnc1N1CCC(NC(=O)Cc2cccs2)C1. The highest BCUT2D eigenvalue weighted by Gasteiger charge is 2.27. The molecule has 1 aliphatic rings. The van der Waals surface area contributed by atoms with E-state index < -0.39 is 0 Å². The Balaban J connectivity index is 1.56. The molecule has 0 spiro atoms. The maximum absolute atomic E-state index is 12.1. The summed E-state index contributed by atoms with van der Waals surface area (Å²) in [6.07, 6.45) is 5.60. The van der Waals surface area contributed by atoms with Crippen molar-refractivity contribution in [2.75, 3.05) is 24.6 Å². The van der Waals surface area contributed by atoms with Gasteiger partial charge in [-0.15, -0.1) is 11.3 Å². The van der Waals surface area contributed by atoms with Gasteiger partial charge in [0.25, 0.3) is 5.88 Å². The van der Waals surface area contributed by atoms with E-state index in [0.29, 0.717) is 18.9 Å². The lowest BCUT2D eigenvalue weighted by molar-refractivity contribution is -0.120. The molecule has 0 radical (unpaired) electrons. The van der Waals surface area contributed by atoms with Gasteiger partial charge in [0.1, 0.15) is 0 Å². The number of nitrogens with one attached hydrogen (secondary N) is 1. The van der Waals surface area contributed by atoms with Crippen LogP contribution in [0.3, 0.4) is 0 Å². The Hall–Kier alpha value is -2.15. The molecule has 1 aliphatic heterocycles. The van der Waals surface area contributed by atoms with E-state index >= 15 is 0 Å². The van der Waals surface area contributed by atoms with Crippen molar-refractivity contribution in [2.24, 2.45) is 0 Å². The highest BCUT2D eigenvalue weighted by atomic mass is 32.1. The van der Waals surface area contributed by atoms with Crippen molar-refractivity contribution < 1.29 is 9.53 Å². The second-order valence-electron chi connectivity index (χ2n) is 5.79. The number of carbonyl (C=O) groups is 1. The van der Waals surface area contributed by atoms with E-state index in [1.807, 2.05) is 17.5 Å². The van der Waals surface area contributed by atoms with Crippen LogP contribution in [0.4, 0.5) is 5.82 Å². The smallest absolute Gasteiger partial charge is 0.257 e. The van der Waals surface area contributed by atoms with Crippen molar-refractivity contribution in [1.29, 1.82) is 0 Å².